The molecule has 0 N–H and O–H groups in total. The van der Waals surface area contributed by atoms with E-state index in [1.165, 1.54) is 4.31 Å². The van der Waals surface area contributed by atoms with Crippen LogP contribution in [0.15, 0.2) is 35.5 Å². The summed E-state index contributed by atoms with van der Waals surface area (Å²) in [6.45, 7) is 3.31. The van der Waals surface area contributed by atoms with Crippen molar-refractivity contribution in [3.8, 4) is 0 Å². The van der Waals surface area contributed by atoms with Gasteiger partial charge >= 0.3 is 0 Å². The Morgan fingerprint density at radius 2 is 2.14 bits per heavy atom. The quantitative estimate of drug-likeness (QED) is 0.812. The second-order valence-corrected chi connectivity index (χ2v) is 7.30. The summed E-state index contributed by atoms with van der Waals surface area (Å²) in [5, 5.41) is 0. The SMILES string of the molecule is Cc1ccc(S(=O)(=O)N2CCn3ccnc3C2)cc1CCl. The zero-order valence-corrected chi connectivity index (χ0v) is 13.2. The fourth-order valence-corrected chi connectivity index (χ4v) is 4.18. The van der Waals surface area contributed by atoms with Gasteiger partial charge in [-0.3, -0.25) is 0 Å². The highest BCUT2D eigenvalue weighted by molar-refractivity contribution is 7.89. The average Bonchev–Trinajstić information content (AvgIpc) is 2.94. The van der Waals surface area contributed by atoms with Crippen molar-refractivity contribution in [3.63, 3.8) is 0 Å². The van der Waals surface area contributed by atoms with Gasteiger partial charge in [-0.25, -0.2) is 13.4 Å². The van der Waals surface area contributed by atoms with E-state index in [2.05, 4.69) is 4.98 Å². The molecule has 112 valence electrons. The number of aryl methyl sites for hydroxylation is 1. The Hall–Kier alpha value is -1.37. The van der Waals surface area contributed by atoms with E-state index in [0.29, 0.717) is 30.4 Å². The molecule has 1 aromatic carbocycles. The van der Waals surface area contributed by atoms with E-state index < -0.39 is 10.0 Å². The third-order valence-corrected chi connectivity index (χ3v) is 5.94. The molecule has 2 aromatic rings. The van der Waals surface area contributed by atoms with Crippen LogP contribution in [0.5, 0.6) is 0 Å². The molecule has 0 saturated carbocycles. The summed E-state index contributed by atoms with van der Waals surface area (Å²) >= 11 is 5.87. The van der Waals surface area contributed by atoms with Crippen molar-refractivity contribution in [1.82, 2.24) is 13.9 Å². The molecule has 0 saturated heterocycles. The van der Waals surface area contributed by atoms with Crippen LogP contribution >= 0.6 is 11.6 Å². The Balaban J connectivity index is 1.94. The maximum absolute atomic E-state index is 12.7. The molecule has 1 aromatic heterocycles. The highest BCUT2D eigenvalue weighted by Crippen LogP contribution is 2.23. The van der Waals surface area contributed by atoms with Crippen molar-refractivity contribution in [2.45, 2.75) is 30.8 Å². The number of aromatic nitrogens is 2. The molecule has 1 aliphatic rings. The fourth-order valence-electron chi connectivity index (χ4n) is 2.46. The molecule has 3 rings (SSSR count). The van der Waals surface area contributed by atoms with Crippen molar-refractivity contribution >= 4 is 21.6 Å². The predicted molar refractivity (Wildman–Crippen MR) is 80.6 cm³/mol. The van der Waals surface area contributed by atoms with E-state index in [4.69, 9.17) is 11.6 Å². The first-order chi connectivity index (χ1) is 10.0. The molecule has 2 heterocycles. The van der Waals surface area contributed by atoms with Gasteiger partial charge in [0.15, 0.2) is 0 Å². The monoisotopic (exact) mass is 325 g/mol. The fraction of sp³-hybridized carbons (Fsp3) is 0.357. The zero-order chi connectivity index (χ0) is 15.0. The maximum atomic E-state index is 12.7. The van der Waals surface area contributed by atoms with Crippen LogP contribution in [-0.2, 0) is 29.0 Å². The first kappa shape index (κ1) is 14.6. The number of alkyl halides is 1. The second kappa shape index (κ2) is 5.44. The summed E-state index contributed by atoms with van der Waals surface area (Å²) in [5.74, 6) is 1.08. The van der Waals surface area contributed by atoms with Crippen LogP contribution < -0.4 is 0 Å². The summed E-state index contributed by atoms with van der Waals surface area (Å²) in [4.78, 5) is 4.49. The minimum absolute atomic E-state index is 0.295. The number of hydrogen-bond acceptors (Lipinski definition) is 3. The van der Waals surface area contributed by atoms with Crippen molar-refractivity contribution in [1.29, 1.82) is 0 Å². The lowest BCUT2D eigenvalue weighted by Gasteiger charge is -2.27. The van der Waals surface area contributed by atoms with E-state index in [1.54, 1.807) is 24.4 Å². The zero-order valence-electron chi connectivity index (χ0n) is 11.7. The number of hydrogen-bond donors (Lipinski definition) is 0. The van der Waals surface area contributed by atoms with E-state index in [1.807, 2.05) is 17.7 Å². The van der Waals surface area contributed by atoms with E-state index in [9.17, 15) is 8.42 Å². The van der Waals surface area contributed by atoms with Crippen molar-refractivity contribution in [3.05, 3.63) is 47.5 Å². The molecule has 0 bridgehead atoms. The molecule has 21 heavy (non-hydrogen) atoms. The minimum atomic E-state index is -3.51. The summed E-state index contributed by atoms with van der Waals surface area (Å²) in [6.07, 6.45) is 3.57. The van der Waals surface area contributed by atoms with Crippen molar-refractivity contribution < 1.29 is 8.42 Å². The van der Waals surface area contributed by atoms with Gasteiger partial charge in [0.1, 0.15) is 5.82 Å². The molecule has 0 radical (unpaired) electrons. The third-order valence-electron chi connectivity index (χ3n) is 3.81. The standard InChI is InChI=1S/C14H16ClN3O2S/c1-11-2-3-13(8-12(11)9-15)21(19,20)18-7-6-17-5-4-16-14(17)10-18/h2-5,8H,6-7,9-10H2,1H3. The van der Waals surface area contributed by atoms with Crippen LogP contribution in [0.2, 0.25) is 0 Å². The lowest BCUT2D eigenvalue weighted by Crippen LogP contribution is -2.38. The lowest BCUT2D eigenvalue weighted by atomic mass is 10.1. The van der Waals surface area contributed by atoms with Gasteiger partial charge in [-0.05, 0) is 30.2 Å². The molecule has 0 aliphatic carbocycles. The van der Waals surface area contributed by atoms with E-state index >= 15 is 0 Å². The summed E-state index contributed by atoms with van der Waals surface area (Å²) < 4.78 is 28.9. The molecule has 0 atom stereocenters. The molecule has 0 fully saturated rings. The highest BCUT2D eigenvalue weighted by atomic mass is 35.5. The molecule has 0 amide bonds. The summed E-state index contributed by atoms with van der Waals surface area (Å²) in [7, 11) is -3.51. The van der Waals surface area contributed by atoms with Crippen LogP contribution in [0.1, 0.15) is 17.0 Å². The Kier molecular flexibility index (Phi) is 3.77. The number of sulfonamides is 1. The first-order valence-corrected chi connectivity index (χ1v) is 8.65. The normalized spacial score (nSPS) is 15.9. The van der Waals surface area contributed by atoms with Gasteiger partial charge in [-0.1, -0.05) is 6.07 Å². The molecular weight excluding hydrogens is 310 g/mol. The Labute approximate surface area is 129 Å². The van der Waals surface area contributed by atoms with Gasteiger partial charge in [0.2, 0.25) is 10.0 Å². The largest absolute Gasteiger partial charge is 0.333 e. The van der Waals surface area contributed by atoms with Crippen LogP contribution in [0.4, 0.5) is 0 Å². The number of rotatable bonds is 3. The number of benzene rings is 1. The lowest BCUT2D eigenvalue weighted by molar-refractivity contribution is 0.335. The predicted octanol–water partition coefficient (Wildman–Crippen LogP) is 2.13. The Morgan fingerprint density at radius 3 is 2.90 bits per heavy atom. The van der Waals surface area contributed by atoms with Crippen LogP contribution in [0, 0.1) is 6.92 Å². The Bertz CT molecular complexity index is 770. The van der Waals surface area contributed by atoms with Crippen molar-refractivity contribution in [2.24, 2.45) is 0 Å². The van der Waals surface area contributed by atoms with E-state index in [-0.39, 0.29) is 0 Å². The Morgan fingerprint density at radius 1 is 1.33 bits per heavy atom. The molecule has 0 spiro atoms. The van der Waals surface area contributed by atoms with Crippen LogP contribution in [0.25, 0.3) is 0 Å². The smallest absolute Gasteiger partial charge is 0.243 e. The maximum Gasteiger partial charge on any atom is 0.243 e. The van der Waals surface area contributed by atoms with Gasteiger partial charge in [0, 0.05) is 31.4 Å². The van der Waals surface area contributed by atoms with Crippen molar-refractivity contribution in [2.75, 3.05) is 6.54 Å². The van der Waals surface area contributed by atoms with Crippen LogP contribution in [0.3, 0.4) is 0 Å². The van der Waals surface area contributed by atoms with Gasteiger partial charge in [-0.2, -0.15) is 4.31 Å². The molecular formula is C14H16ClN3O2S. The average molecular weight is 326 g/mol. The number of fused-ring (bicyclic) bond motifs is 1. The molecule has 5 nitrogen and oxygen atoms in total. The first-order valence-electron chi connectivity index (χ1n) is 6.68. The van der Waals surface area contributed by atoms with Gasteiger partial charge in [0.05, 0.1) is 11.4 Å². The molecule has 1 aliphatic heterocycles. The topological polar surface area (TPSA) is 55.2 Å². The van der Waals surface area contributed by atoms with Gasteiger partial charge in [0.25, 0.3) is 0 Å². The second-order valence-electron chi connectivity index (χ2n) is 5.10. The van der Waals surface area contributed by atoms with Gasteiger partial charge < -0.3 is 4.57 Å². The summed E-state index contributed by atoms with van der Waals surface area (Å²) in [6, 6.07) is 5.11. The van der Waals surface area contributed by atoms with Crippen LogP contribution in [-0.4, -0.2) is 28.8 Å². The third kappa shape index (κ3) is 2.59. The molecule has 7 heteroatoms. The highest BCUT2D eigenvalue weighted by Gasteiger charge is 2.29. The molecule has 0 unspecified atom stereocenters. The number of nitrogens with zero attached hydrogens (tertiary/aromatic N) is 3. The van der Waals surface area contributed by atoms with E-state index in [0.717, 1.165) is 17.0 Å². The number of halogens is 1. The minimum Gasteiger partial charge on any atom is -0.333 e. The number of imidazole rings is 1. The summed E-state index contributed by atoms with van der Waals surface area (Å²) in [5.41, 5.74) is 1.84. The van der Waals surface area contributed by atoms with Gasteiger partial charge in [-0.15, -0.1) is 11.6 Å².